The van der Waals surface area contributed by atoms with Crippen molar-refractivity contribution < 1.29 is 18.8 Å². The van der Waals surface area contributed by atoms with Crippen LogP contribution in [0, 0.1) is 0 Å². The van der Waals surface area contributed by atoms with Gasteiger partial charge in [0.25, 0.3) is 0 Å². The Bertz CT molecular complexity index is 364. The maximum absolute atomic E-state index is 11.1. The first kappa shape index (κ1) is 10.2. The Hall–Kier alpha value is -1.91. The van der Waals surface area contributed by atoms with E-state index < -0.39 is 5.97 Å². The molecule has 0 fully saturated rings. The predicted molar refractivity (Wildman–Crippen MR) is 47.9 cm³/mol. The van der Waals surface area contributed by atoms with Gasteiger partial charge in [0, 0.05) is 6.92 Å². The van der Waals surface area contributed by atoms with Crippen LogP contribution in [-0.4, -0.2) is 17.5 Å². The van der Waals surface area contributed by atoms with Gasteiger partial charge in [0.1, 0.15) is 5.71 Å². The molecule has 5 nitrogen and oxygen atoms in total. The van der Waals surface area contributed by atoms with Crippen molar-refractivity contribution in [3.05, 3.63) is 24.2 Å². The molecule has 1 aromatic rings. The fourth-order valence-corrected chi connectivity index (χ4v) is 0.614. The highest BCUT2D eigenvalue weighted by Gasteiger charge is 2.10. The van der Waals surface area contributed by atoms with Crippen molar-refractivity contribution in [2.45, 2.75) is 13.8 Å². The molecule has 0 amide bonds. The second kappa shape index (κ2) is 4.36. The van der Waals surface area contributed by atoms with Crippen LogP contribution in [0.25, 0.3) is 0 Å². The van der Waals surface area contributed by atoms with Gasteiger partial charge in [-0.2, -0.15) is 0 Å². The fourth-order valence-electron chi connectivity index (χ4n) is 0.614. The topological polar surface area (TPSA) is 68.9 Å². The molecule has 5 heteroatoms. The van der Waals surface area contributed by atoms with Gasteiger partial charge in [0.05, 0.1) is 6.26 Å². The van der Waals surface area contributed by atoms with Gasteiger partial charge in [-0.05, 0) is 19.1 Å². The van der Waals surface area contributed by atoms with Crippen molar-refractivity contribution in [2.75, 3.05) is 0 Å². The molecular weight excluding hydrogens is 186 g/mol. The van der Waals surface area contributed by atoms with Gasteiger partial charge in [0.2, 0.25) is 5.76 Å². The highest BCUT2D eigenvalue weighted by molar-refractivity contribution is 6.37. The number of furan rings is 1. The van der Waals surface area contributed by atoms with Gasteiger partial charge in [-0.25, -0.2) is 4.79 Å². The van der Waals surface area contributed by atoms with Crippen molar-refractivity contribution in [2.24, 2.45) is 5.16 Å². The molecule has 1 aromatic heterocycles. The summed E-state index contributed by atoms with van der Waals surface area (Å²) in [6.45, 7) is 2.79. The maximum Gasteiger partial charge on any atom is 0.400 e. The summed E-state index contributed by atoms with van der Waals surface area (Å²) in [5, 5.41) is 3.34. The summed E-state index contributed by atoms with van der Waals surface area (Å²) in [4.78, 5) is 26.2. The third-order valence-corrected chi connectivity index (χ3v) is 1.50. The summed E-state index contributed by atoms with van der Waals surface area (Å²) >= 11 is 0. The summed E-state index contributed by atoms with van der Waals surface area (Å²) in [5.74, 6) is -0.932. The number of Topliss-reactive ketones (excluding diaryl/α,β-unsaturated/α-hetero) is 1. The average Bonchev–Trinajstić information content (AvgIpc) is 2.66. The van der Waals surface area contributed by atoms with E-state index in [-0.39, 0.29) is 17.3 Å². The Kier molecular flexibility index (Phi) is 3.17. The summed E-state index contributed by atoms with van der Waals surface area (Å²) in [5.41, 5.74) is 0.130. The van der Waals surface area contributed by atoms with E-state index in [1.54, 1.807) is 6.07 Å². The average molecular weight is 195 g/mol. The maximum atomic E-state index is 11.1. The Morgan fingerprint density at radius 2 is 2.14 bits per heavy atom. The molecule has 74 valence electrons. The Morgan fingerprint density at radius 1 is 1.43 bits per heavy atom. The van der Waals surface area contributed by atoms with Gasteiger partial charge in [-0.3, -0.25) is 4.79 Å². The molecular formula is C9H9NO4. The standard InChI is InChI=1S/C9H9NO4/c1-6(7(2)11)10-14-9(12)8-4-3-5-13-8/h3-5H,1-2H3. The van der Waals surface area contributed by atoms with Gasteiger partial charge in [0.15, 0.2) is 5.78 Å². The molecule has 0 radical (unpaired) electrons. The SMILES string of the molecule is CC(=O)C(C)=NOC(=O)c1ccco1. The molecule has 0 saturated heterocycles. The largest absolute Gasteiger partial charge is 0.457 e. The van der Waals surface area contributed by atoms with E-state index in [2.05, 4.69) is 9.99 Å². The lowest BCUT2D eigenvalue weighted by Crippen LogP contribution is -2.07. The quantitative estimate of drug-likeness (QED) is 0.415. The Labute approximate surface area is 80.3 Å². The molecule has 0 N–H and O–H groups in total. The molecule has 0 aliphatic rings. The van der Waals surface area contributed by atoms with Gasteiger partial charge < -0.3 is 9.25 Å². The third-order valence-electron chi connectivity index (χ3n) is 1.50. The second-order valence-corrected chi connectivity index (χ2v) is 2.59. The lowest BCUT2D eigenvalue weighted by atomic mass is 10.3. The molecule has 0 unspecified atom stereocenters. The van der Waals surface area contributed by atoms with Crippen molar-refractivity contribution in [3.8, 4) is 0 Å². The van der Waals surface area contributed by atoms with Crippen molar-refractivity contribution in [3.63, 3.8) is 0 Å². The molecule has 14 heavy (non-hydrogen) atoms. The van der Waals surface area contributed by atoms with Crippen LogP contribution in [0.5, 0.6) is 0 Å². The van der Waals surface area contributed by atoms with Crippen LogP contribution in [0.1, 0.15) is 24.4 Å². The lowest BCUT2D eigenvalue weighted by Gasteiger charge is -1.94. The molecule has 1 rings (SSSR count). The molecule has 0 aliphatic heterocycles. The van der Waals surface area contributed by atoms with E-state index in [0.717, 1.165) is 0 Å². The second-order valence-electron chi connectivity index (χ2n) is 2.59. The number of oxime groups is 1. The minimum atomic E-state index is -0.726. The van der Waals surface area contributed by atoms with Gasteiger partial charge in [-0.1, -0.05) is 5.16 Å². The normalized spacial score (nSPS) is 11.1. The summed E-state index contributed by atoms with van der Waals surface area (Å²) in [6.07, 6.45) is 1.35. The van der Waals surface area contributed by atoms with Crippen LogP contribution < -0.4 is 0 Å². The molecule has 0 aromatic carbocycles. The predicted octanol–water partition coefficient (Wildman–Crippen LogP) is 1.40. The number of hydrogen-bond acceptors (Lipinski definition) is 5. The molecule has 0 spiro atoms. The first-order chi connectivity index (χ1) is 6.61. The zero-order valence-corrected chi connectivity index (χ0v) is 7.81. The van der Waals surface area contributed by atoms with E-state index in [1.165, 1.54) is 26.2 Å². The monoisotopic (exact) mass is 195 g/mol. The number of hydrogen-bond donors (Lipinski definition) is 0. The highest BCUT2D eigenvalue weighted by atomic mass is 16.7. The zero-order valence-electron chi connectivity index (χ0n) is 7.81. The number of carbonyl (C=O) groups excluding carboxylic acids is 2. The molecule has 0 saturated carbocycles. The van der Waals surface area contributed by atoms with E-state index in [1.807, 2.05) is 0 Å². The van der Waals surface area contributed by atoms with Crippen LogP contribution >= 0.6 is 0 Å². The summed E-state index contributed by atoms with van der Waals surface area (Å²) < 4.78 is 4.76. The fraction of sp³-hybridized carbons (Fsp3) is 0.222. The number of ketones is 1. The number of rotatable bonds is 3. The number of nitrogens with zero attached hydrogens (tertiary/aromatic N) is 1. The Balaban J connectivity index is 2.59. The van der Waals surface area contributed by atoms with Crippen molar-refractivity contribution in [1.82, 2.24) is 0 Å². The van der Waals surface area contributed by atoms with E-state index in [4.69, 9.17) is 4.42 Å². The summed E-state index contributed by atoms with van der Waals surface area (Å²) in [6, 6.07) is 3.00. The lowest BCUT2D eigenvalue weighted by molar-refractivity contribution is -0.111. The Morgan fingerprint density at radius 3 is 2.64 bits per heavy atom. The van der Waals surface area contributed by atoms with E-state index in [9.17, 15) is 9.59 Å². The molecule has 1 heterocycles. The van der Waals surface area contributed by atoms with E-state index >= 15 is 0 Å². The van der Waals surface area contributed by atoms with E-state index in [0.29, 0.717) is 0 Å². The minimum absolute atomic E-state index is 0.0464. The minimum Gasteiger partial charge on any atom is -0.457 e. The molecule has 0 atom stereocenters. The van der Waals surface area contributed by atoms with Crippen LogP contribution in [0.2, 0.25) is 0 Å². The highest BCUT2D eigenvalue weighted by Crippen LogP contribution is 2.02. The van der Waals surface area contributed by atoms with Crippen LogP contribution in [0.15, 0.2) is 28.0 Å². The van der Waals surface area contributed by atoms with Gasteiger partial charge in [-0.15, -0.1) is 0 Å². The zero-order chi connectivity index (χ0) is 10.6. The first-order valence-electron chi connectivity index (χ1n) is 3.91. The smallest absolute Gasteiger partial charge is 0.400 e. The van der Waals surface area contributed by atoms with Crippen LogP contribution in [0.4, 0.5) is 0 Å². The van der Waals surface area contributed by atoms with Crippen molar-refractivity contribution in [1.29, 1.82) is 0 Å². The molecule has 0 bridgehead atoms. The van der Waals surface area contributed by atoms with Gasteiger partial charge >= 0.3 is 5.97 Å². The summed E-state index contributed by atoms with van der Waals surface area (Å²) in [7, 11) is 0. The van der Waals surface area contributed by atoms with Crippen molar-refractivity contribution >= 4 is 17.5 Å². The van der Waals surface area contributed by atoms with Crippen LogP contribution in [-0.2, 0) is 9.63 Å². The third kappa shape index (κ3) is 2.55. The molecule has 0 aliphatic carbocycles. The first-order valence-corrected chi connectivity index (χ1v) is 3.91. The van der Waals surface area contributed by atoms with Crippen LogP contribution in [0.3, 0.4) is 0 Å². The number of carbonyl (C=O) groups is 2.